The molecule has 0 aliphatic carbocycles. The molecule has 1 fully saturated rings. The maximum atomic E-state index is 12.2. The van der Waals surface area contributed by atoms with Crippen LogP contribution in [0.2, 0.25) is 5.02 Å². The average Bonchev–Trinajstić information content (AvgIpc) is 2.54. The van der Waals surface area contributed by atoms with Gasteiger partial charge in [-0.2, -0.15) is 0 Å². The van der Waals surface area contributed by atoms with Gasteiger partial charge in [0.2, 0.25) is 0 Å². The minimum atomic E-state index is -0.626. The van der Waals surface area contributed by atoms with Crippen LogP contribution < -0.4 is 5.73 Å². The molecule has 0 aromatic heterocycles. The molecule has 2 N–H and O–H groups in total. The third-order valence-corrected chi connectivity index (χ3v) is 4.22. The molecular weight excluding hydrogens is 304 g/mol. The number of hydrogen-bond acceptors (Lipinski definition) is 4. The van der Waals surface area contributed by atoms with Gasteiger partial charge in [-0.3, -0.25) is 4.79 Å². The minimum Gasteiger partial charge on any atom is -0.452 e. The van der Waals surface area contributed by atoms with Crippen molar-refractivity contribution in [3.63, 3.8) is 0 Å². The number of amides is 1. The summed E-state index contributed by atoms with van der Waals surface area (Å²) in [7, 11) is 0. The number of likely N-dealkylation sites (tertiary alicyclic amines) is 1. The first-order chi connectivity index (χ1) is 10.5. The molecule has 1 aromatic carbocycles. The molecule has 1 atom stereocenters. The number of benzene rings is 1. The first kappa shape index (κ1) is 16.6. The Kier molecular flexibility index (Phi) is 5.66. The molecule has 5 nitrogen and oxygen atoms in total. The van der Waals surface area contributed by atoms with Gasteiger partial charge < -0.3 is 15.4 Å². The van der Waals surface area contributed by atoms with E-state index < -0.39 is 5.97 Å². The number of carbonyl (C=O) groups is 2. The molecule has 22 heavy (non-hydrogen) atoms. The van der Waals surface area contributed by atoms with Gasteiger partial charge in [-0.05, 0) is 43.9 Å². The Morgan fingerprint density at radius 3 is 2.91 bits per heavy atom. The Labute approximate surface area is 135 Å². The second kappa shape index (κ2) is 7.49. The summed E-state index contributed by atoms with van der Waals surface area (Å²) in [5, 5.41) is 0.398. The summed E-state index contributed by atoms with van der Waals surface area (Å²) in [6.07, 6.45) is 4.07. The van der Waals surface area contributed by atoms with Gasteiger partial charge in [-0.15, -0.1) is 0 Å². The van der Waals surface area contributed by atoms with E-state index in [1.54, 1.807) is 12.1 Å². The summed E-state index contributed by atoms with van der Waals surface area (Å²) in [6, 6.07) is 4.83. The number of hydrogen-bond donors (Lipinski definition) is 1. The number of carbonyl (C=O) groups excluding carboxylic acids is 2. The lowest BCUT2D eigenvalue weighted by molar-refractivity contribution is -0.138. The minimum absolute atomic E-state index is 0.152. The number of ether oxygens (including phenoxy) is 1. The molecular formula is C16H21ClN2O3. The molecule has 0 bridgehead atoms. The molecule has 1 amide bonds. The van der Waals surface area contributed by atoms with E-state index in [4.69, 9.17) is 22.1 Å². The van der Waals surface area contributed by atoms with Crippen molar-refractivity contribution < 1.29 is 14.3 Å². The monoisotopic (exact) mass is 324 g/mol. The summed E-state index contributed by atoms with van der Waals surface area (Å²) < 4.78 is 5.10. The third-order valence-electron chi connectivity index (χ3n) is 3.98. The van der Waals surface area contributed by atoms with Crippen LogP contribution >= 0.6 is 11.6 Å². The molecule has 0 radical (unpaired) electrons. The van der Waals surface area contributed by atoms with E-state index in [0.29, 0.717) is 5.02 Å². The quantitative estimate of drug-likeness (QED) is 0.682. The van der Waals surface area contributed by atoms with E-state index in [1.807, 2.05) is 4.90 Å². The van der Waals surface area contributed by atoms with E-state index in [9.17, 15) is 9.59 Å². The number of nitrogens with two attached hydrogens (primary N) is 1. The first-order valence-corrected chi connectivity index (χ1v) is 7.92. The smallest absolute Gasteiger partial charge is 0.340 e. The topological polar surface area (TPSA) is 72.6 Å². The molecule has 0 saturated carbocycles. The molecule has 0 spiro atoms. The molecule has 1 heterocycles. The Morgan fingerprint density at radius 2 is 2.18 bits per heavy atom. The van der Waals surface area contributed by atoms with E-state index in [-0.39, 0.29) is 29.8 Å². The van der Waals surface area contributed by atoms with Crippen LogP contribution in [0, 0.1) is 0 Å². The number of anilines is 1. The van der Waals surface area contributed by atoms with Crippen LogP contribution in [0.4, 0.5) is 5.69 Å². The summed E-state index contributed by atoms with van der Waals surface area (Å²) in [6.45, 7) is 2.53. The highest BCUT2D eigenvalue weighted by Crippen LogP contribution is 2.21. The molecule has 1 aromatic rings. The summed E-state index contributed by atoms with van der Waals surface area (Å²) in [5.41, 5.74) is 6.20. The molecule has 1 saturated heterocycles. The molecule has 1 aliphatic heterocycles. The zero-order valence-electron chi connectivity index (χ0n) is 12.7. The van der Waals surface area contributed by atoms with Crippen LogP contribution in [0.25, 0.3) is 0 Å². The first-order valence-electron chi connectivity index (χ1n) is 7.54. The van der Waals surface area contributed by atoms with Gasteiger partial charge in [0.1, 0.15) is 0 Å². The van der Waals surface area contributed by atoms with Crippen molar-refractivity contribution in [2.24, 2.45) is 0 Å². The summed E-state index contributed by atoms with van der Waals surface area (Å²) >= 11 is 5.84. The van der Waals surface area contributed by atoms with Gasteiger partial charge in [-0.25, -0.2) is 4.79 Å². The van der Waals surface area contributed by atoms with Crippen molar-refractivity contribution in [1.29, 1.82) is 0 Å². The van der Waals surface area contributed by atoms with E-state index in [2.05, 4.69) is 6.92 Å². The lowest BCUT2D eigenvalue weighted by Crippen LogP contribution is -2.45. The van der Waals surface area contributed by atoms with Crippen LogP contribution in [0.3, 0.4) is 0 Å². The predicted molar refractivity (Wildman–Crippen MR) is 85.8 cm³/mol. The highest BCUT2D eigenvalue weighted by molar-refractivity contribution is 6.31. The lowest BCUT2D eigenvalue weighted by atomic mass is 10.00. The number of piperidine rings is 1. The second-order valence-electron chi connectivity index (χ2n) is 5.45. The normalized spacial score (nSPS) is 18.1. The number of nitrogens with zero attached hydrogens (tertiary/aromatic N) is 1. The van der Waals surface area contributed by atoms with Crippen LogP contribution in [-0.2, 0) is 9.53 Å². The second-order valence-corrected chi connectivity index (χ2v) is 5.89. The fraction of sp³-hybridized carbons (Fsp3) is 0.500. The summed E-state index contributed by atoms with van der Waals surface area (Å²) in [4.78, 5) is 26.1. The Bertz CT molecular complexity index is 562. The Balaban J connectivity index is 1.95. The molecule has 1 aliphatic rings. The fourth-order valence-corrected chi connectivity index (χ4v) is 2.92. The number of rotatable bonds is 4. The Hall–Kier alpha value is -1.75. The molecule has 120 valence electrons. The maximum Gasteiger partial charge on any atom is 0.340 e. The van der Waals surface area contributed by atoms with Crippen molar-refractivity contribution in [2.45, 2.75) is 38.6 Å². The van der Waals surface area contributed by atoms with E-state index in [0.717, 1.165) is 32.2 Å². The van der Waals surface area contributed by atoms with Crippen molar-refractivity contribution in [2.75, 3.05) is 18.9 Å². The van der Waals surface area contributed by atoms with Crippen molar-refractivity contribution in [3.8, 4) is 0 Å². The van der Waals surface area contributed by atoms with E-state index >= 15 is 0 Å². The standard InChI is InChI=1S/C16H21ClN2O3/c1-2-12-5-3-4-8-19(12)15(20)10-22-16(21)13-9-11(17)6-7-14(13)18/h6-7,9,12H,2-5,8,10,18H2,1H3/t12-/m0/s1. The number of esters is 1. The largest absolute Gasteiger partial charge is 0.452 e. The number of nitrogen functional groups attached to an aromatic ring is 1. The highest BCUT2D eigenvalue weighted by Gasteiger charge is 2.26. The highest BCUT2D eigenvalue weighted by atomic mass is 35.5. The van der Waals surface area contributed by atoms with Crippen LogP contribution in [0.15, 0.2) is 18.2 Å². The summed E-state index contributed by atoms with van der Waals surface area (Å²) in [5.74, 6) is -0.779. The van der Waals surface area contributed by atoms with Gasteiger partial charge in [0.25, 0.3) is 5.91 Å². The molecule has 2 rings (SSSR count). The molecule has 6 heteroatoms. The average molecular weight is 325 g/mol. The van der Waals surface area contributed by atoms with Crippen LogP contribution in [-0.4, -0.2) is 36.0 Å². The fourth-order valence-electron chi connectivity index (χ4n) is 2.75. The van der Waals surface area contributed by atoms with Crippen LogP contribution in [0.5, 0.6) is 0 Å². The van der Waals surface area contributed by atoms with Gasteiger partial charge in [-0.1, -0.05) is 18.5 Å². The Morgan fingerprint density at radius 1 is 1.41 bits per heavy atom. The predicted octanol–water partition coefficient (Wildman–Crippen LogP) is 2.87. The van der Waals surface area contributed by atoms with Gasteiger partial charge in [0.05, 0.1) is 5.56 Å². The zero-order chi connectivity index (χ0) is 16.1. The van der Waals surface area contributed by atoms with Gasteiger partial charge >= 0.3 is 5.97 Å². The maximum absolute atomic E-state index is 12.2. The zero-order valence-corrected chi connectivity index (χ0v) is 13.4. The van der Waals surface area contributed by atoms with Gasteiger partial charge in [0.15, 0.2) is 6.61 Å². The number of halogens is 1. The van der Waals surface area contributed by atoms with Crippen LogP contribution in [0.1, 0.15) is 43.0 Å². The molecule has 0 unspecified atom stereocenters. The van der Waals surface area contributed by atoms with Crippen molar-refractivity contribution in [1.82, 2.24) is 4.90 Å². The lowest BCUT2D eigenvalue weighted by Gasteiger charge is -2.35. The van der Waals surface area contributed by atoms with Gasteiger partial charge in [0, 0.05) is 23.3 Å². The van der Waals surface area contributed by atoms with Crippen molar-refractivity contribution >= 4 is 29.2 Å². The third kappa shape index (κ3) is 3.91. The SMILES string of the molecule is CC[C@H]1CCCCN1C(=O)COC(=O)c1cc(Cl)ccc1N. The van der Waals surface area contributed by atoms with Crippen molar-refractivity contribution in [3.05, 3.63) is 28.8 Å². The van der Waals surface area contributed by atoms with E-state index in [1.165, 1.54) is 6.07 Å².